The Hall–Kier alpha value is -3.12. The third-order valence-corrected chi connectivity index (χ3v) is 6.65. The second kappa shape index (κ2) is 9.79. The molecule has 0 saturated heterocycles. The van der Waals surface area contributed by atoms with Crippen molar-refractivity contribution in [2.75, 3.05) is 12.4 Å². The number of amides is 2. The number of carbonyl (C=O) groups excluding carboxylic acids is 2. The molecule has 160 valence electrons. The van der Waals surface area contributed by atoms with Gasteiger partial charge in [-0.3, -0.25) is 9.59 Å². The fourth-order valence-electron chi connectivity index (χ4n) is 3.90. The highest BCUT2D eigenvalue weighted by Gasteiger charge is 2.26. The lowest BCUT2D eigenvalue weighted by atomic mass is 9.95. The molecule has 0 spiro atoms. The summed E-state index contributed by atoms with van der Waals surface area (Å²) >= 11 is 1.54. The predicted molar refractivity (Wildman–Crippen MR) is 124 cm³/mol. The number of hydrogen-bond acceptors (Lipinski definition) is 4. The Morgan fingerprint density at radius 1 is 1.00 bits per heavy atom. The lowest BCUT2D eigenvalue weighted by Crippen LogP contribution is -2.25. The number of thiophene rings is 1. The normalized spacial score (nSPS) is 12.7. The first-order valence-corrected chi connectivity index (χ1v) is 11.3. The molecule has 1 aromatic heterocycles. The van der Waals surface area contributed by atoms with Crippen molar-refractivity contribution in [1.82, 2.24) is 5.32 Å². The van der Waals surface area contributed by atoms with E-state index < -0.39 is 0 Å². The van der Waals surface area contributed by atoms with Crippen molar-refractivity contribution in [3.8, 4) is 5.75 Å². The number of anilines is 1. The van der Waals surface area contributed by atoms with Crippen molar-refractivity contribution in [2.45, 2.75) is 38.6 Å². The van der Waals surface area contributed by atoms with Gasteiger partial charge in [-0.2, -0.15) is 0 Å². The minimum Gasteiger partial charge on any atom is -0.497 e. The Kier molecular flexibility index (Phi) is 6.67. The number of methoxy groups -OCH3 is 1. The minimum absolute atomic E-state index is 0.125. The summed E-state index contributed by atoms with van der Waals surface area (Å²) < 4.78 is 5.24. The van der Waals surface area contributed by atoms with Crippen LogP contribution in [0.25, 0.3) is 0 Å². The van der Waals surface area contributed by atoms with Crippen LogP contribution in [0.2, 0.25) is 0 Å². The number of aryl methyl sites for hydroxylation is 1. The van der Waals surface area contributed by atoms with E-state index in [2.05, 4.69) is 10.6 Å². The average Bonchev–Trinajstić information content (AvgIpc) is 3.16. The first-order valence-electron chi connectivity index (χ1n) is 10.5. The van der Waals surface area contributed by atoms with Crippen molar-refractivity contribution in [2.24, 2.45) is 0 Å². The van der Waals surface area contributed by atoms with E-state index in [1.165, 1.54) is 4.88 Å². The molecule has 4 rings (SSSR count). The molecule has 1 aliphatic rings. The second-order valence-corrected chi connectivity index (χ2v) is 8.76. The molecule has 2 amide bonds. The van der Waals surface area contributed by atoms with Crippen LogP contribution in [0.4, 0.5) is 5.00 Å². The van der Waals surface area contributed by atoms with Gasteiger partial charge in [0, 0.05) is 11.4 Å². The summed E-state index contributed by atoms with van der Waals surface area (Å²) in [7, 11) is 1.61. The summed E-state index contributed by atoms with van der Waals surface area (Å²) in [5, 5.41) is 6.70. The molecule has 0 fully saturated rings. The average molecular weight is 435 g/mol. The Balaban J connectivity index is 1.52. The van der Waals surface area contributed by atoms with Crippen LogP contribution in [0.3, 0.4) is 0 Å². The van der Waals surface area contributed by atoms with Gasteiger partial charge in [0.1, 0.15) is 10.8 Å². The summed E-state index contributed by atoms with van der Waals surface area (Å²) in [6, 6.07) is 17.3. The minimum atomic E-state index is -0.135. The zero-order chi connectivity index (χ0) is 21.6. The number of fused-ring (bicyclic) bond motifs is 1. The highest BCUT2D eigenvalue weighted by molar-refractivity contribution is 7.17. The summed E-state index contributed by atoms with van der Waals surface area (Å²) in [6.07, 6.45) is 4.26. The monoisotopic (exact) mass is 434 g/mol. The quantitative estimate of drug-likeness (QED) is 0.564. The molecule has 2 N–H and O–H groups in total. The molecule has 5 nitrogen and oxygen atoms in total. The molecule has 1 heterocycles. The van der Waals surface area contributed by atoms with E-state index in [1.54, 1.807) is 18.4 Å². The van der Waals surface area contributed by atoms with Crippen molar-refractivity contribution >= 4 is 28.2 Å². The fraction of sp³-hybridized carbons (Fsp3) is 0.280. The van der Waals surface area contributed by atoms with Gasteiger partial charge >= 0.3 is 0 Å². The predicted octanol–water partition coefficient (Wildman–Crippen LogP) is 4.75. The topological polar surface area (TPSA) is 67.4 Å². The van der Waals surface area contributed by atoms with Crippen LogP contribution in [0.5, 0.6) is 5.75 Å². The second-order valence-electron chi connectivity index (χ2n) is 7.66. The highest BCUT2D eigenvalue weighted by Crippen LogP contribution is 2.38. The van der Waals surface area contributed by atoms with Crippen LogP contribution in [0.15, 0.2) is 54.6 Å². The highest BCUT2D eigenvalue weighted by atomic mass is 32.1. The molecule has 0 radical (unpaired) electrons. The van der Waals surface area contributed by atoms with Crippen LogP contribution in [-0.2, 0) is 30.6 Å². The fourth-order valence-corrected chi connectivity index (χ4v) is 5.20. The van der Waals surface area contributed by atoms with Gasteiger partial charge in [-0.1, -0.05) is 42.5 Å². The van der Waals surface area contributed by atoms with Crippen LogP contribution in [0.1, 0.15) is 44.8 Å². The Bertz CT molecular complexity index is 1080. The van der Waals surface area contributed by atoms with E-state index in [0.29, 0.717) is 17.1 Å². The van der Waals surface area contributed by atoms with E-state index in [-0.39, 0.29) is 18.2 Å². The maximum absolute atomic E-state index is 13.1. The zero-order valence-electron chi connectivity index (χ0n) is 17.6. The van der Waals surface area contributed by atoms with E-state index in [1.807, 2.05) is 54.6 Å². The smallest absolute Gasteiger partial charge is 0.254 e. The molecule has 31 heavy (non-hydrogen) atoms. The molecule has 0 aliphatic heterocycles. The van der Waals surface area contributed by atoms with Gasteiger partial charge in [0.15, 0.2) is 0 Å². The van der Waals surface area contributed by atoms with Gasteiger partial charge in [-0.25, -0.2) is 0 Å². The van der Waals surface area contributed by atoms with Crippen LogP contribution in [-0.4, -0.2) is 18.9 Å². The van der Waals surface area contributed by atoms with Gasteiger partial charge in [0.25, 0.3) is 5.91 Å². The summed E-state index contributed by atoms with van der Waals surface area (Å²) in [6.45, 7) is 0.460. The first kappa shape index (κ1) is 21.1. The number of nitrogens with one attached hydrogen (secondary N) is 2. The lowest BCUT2D eigenvalue weighted by molar-refractivity contribution is -0.115. The molecular weight excluding hydrogens is 408 g/mol. The number of benzene rings is 2. The van der Waals surface area contributed by atoms with Gasteiger partial charge in [0.2, 0.25) is 5.91 Å². The van der Waals surface area contributed by atoms with E-state index in [9.17, 15) is 9.59 Å². The lowest BCUT2D eigenvalue weighted by Gasteiger charge is -2.13. The van der Waals surface area contributed by atoms with Gasteiger partial charge < -0.3 is 15.4 Å². The molecule has 0 saturated carbocycles. The van der Waals surface area contributed by atoms with E-state index in [4.69, 9.17) is 4.74 Å². The third kappa shape index (κ3) is 5.14. The third-order valence-electron chi connectivity index (χ3n) is 5.45. The SMILES string of the molecule is COc1cccc(CC(=O)Nc2sc3c(c2C(=O)NCc2ccccc2)CCCC3)c1. The molecule has 3 aromatic rings. The van der Waals surface area contributed by atoms with Gasteiger partial charge in [-0.15, -0.1) is 11.3 Å². The van der Waals surface area contributed by atoms with Crippen molar-refractivity contribution < 1.29 is 14.3 Å². The molecule has 1 aliphatic carbocycles. The standard InChI is InChI=1S/C25H26N2O3S/c1-30-19-11-7-10-18(14-19)15-22(28)27-25-23(20-12-5-6-13-21(20)31-25)24(29)26-16-17-8-3-2-4-9-17/h2-4,7-11,14H,5-6,12-13,15-16H2,1H3,(H,26,29)(H,27,28). The first-order chi connectivity index (χ1) is 15.1. The van der Waals surface area contributed by atoms with Crippen LogP contribution < -0.4 is 15.4 Å². The number of rotatable bonds is 7. The summed E-state index contributed by atoms with van der Waals surface area (Å²) in [4.78, 5) is 27.1. The van der Waals surface area contributed by atoms with Crippen molar-refractivity contribution in [1.29, 1.82) is 0 Å². The Morgan fingerprint density at radius 3 is 2.58 bits per heavy atom. The maximum atomic E-state index is 13.1. The van der Waals surface area contributed by atoms with Crippen LogP contribution in [0, 0.1) is 0 Å². The molecule has 0 bridgehead atoms. The summed E-state index contributed by atoms with van der Waals surface area (Å²) in [5.41, 5.74) is 3.64. The summed E-state index contributed by atoms with van der Waals surface area (Å²) in [5.74, 6) is 0.460. The van der Waals surface area contributed by atoms with Crippen molar-refractivity contribution in [3.63, 3.8) is 0 Å². The number of carbonyl (C=O) groups is 2. The van der Waals surface area contributed by atoms with Crippen LogP contribution >= 0.6 is 11.3 Å². The van der Waals surface area contributed by atoms with Crippen molar-refractivity contribution in [3.05, 3.63) is 81.7 Å². The van der Waals surface area contributed by atoms with Gasteiger partial charge in [-0.05, 0) is 54.5 Å². The van der Waals surface area contributed by atoms with E-state index in [0.717, 1.165) is 48.1 Å². The van der Waals surface area contributed by atoms with E-state index >= 15 is 0 Å². The molecule has 6 heteroatoms. The number of hydrogen-bond donors (Lipinski definition) is 2. The zero-order valence-corrected chi connectivity index (χ0v) is 18.4. The largest absolute Gasteiger partial charge is 0.497 e. The number of ether oxygens (including phenoxy) is 1. The van der Waals surface area contributed by atoms with Gasteiger partial charge in [0.05, 0.1) is 19.1 Å². The molecule has 0 unspecified atom stereocenters. The Morgan fingerprint density at radius 2 is 1.77 bits per heavy atom. The maximum Gasteiger partial charge on any atom is 0.254 e. The molecular formula is C25H26N2O3S. The molecule has 0 atom stereocenters. The Labute approximate surface area is 186 Å². The molecule has 2 aromatic carbocycles.